The summed E-state index contributed by atoms with van der Waals surface area (Å²) in [7, 11) is 0. The molecule has 0 heterocycles. The van der Waals surface area contributed by atoms with E-state index >= 15 is 0 Å². The molecule has 0 aliphatic heterocycles. The zero-order valence-corrected chi connectivity index (χ0v) is 34.4. The van der Waals surface area contributed by atoms with Gasteiger partial charge < -0.3 is 15.2 Å². The van der Waals surface area contributed by atoms with Gasteiger partial charge in [0.2, 0.25) is 0 Å². The van der Waals surface area contributed by atoms with E-state index in [9.17, 15) is 9.59 Å². The lowest BCUT2D eigenvalue weighted by Crippen LogP contribution is -2.38. The summed E-state index contributed by atoms with van der Waals surface area (Å²) in [6, 6.07) is 47.5. The Balaban J connectivity index is 0.000000242. The van der Waals surface area contributed by atoms with Gasteiger partial charge in [0.15, 0.2) is 6.04 Å². The van der Waals surface area contributed by atoms with Crippen molar-refractivity contribution in [3.63, 3.8) is 0 Å². The van der Waals surface area contributed by atoms with E-state index in [1.165, 1.54) is 0 Å². The minimum atomic E-state index is -0.873. The van der Waals surface area contributed by atoms with Gasteiger partial charge in [-0.1, -0.05) is 156 Å². The fourth-order valence-electron chi connectivity index (χ4n) is 6.48. The van der Waals surface area contributed by atoms with Crippen molar-refractivity contribution in [2.24, 2.45) is 10.7 Å². The molecule has 0 radical (unpaired) electrons. The van der Waals surface area contributed by atoms with E-state index in [0.29, 0.717) is 25.8 Å². The zero-order chi connectivity index (χ0) is 40.7. The third kappa shape index (κ3) is 12.0. The van der Waals surface area contributed by atoms with Gasteiger partial charge in [-0.15, -0.1) is 0 Å². The quantitative estimate of drug-likeness (QED) is 0.0924. The highest BCUT2D eigenvalue weighted by atomic mass is 35.5. The summed E-state index contributed by atoms with van der Waals surface area (Å²) in [5, 5.41) is 2.32. The first-order chi connectivity index (χ1) is 27.6. The maximum absolute atomic E-state index is 13.5. The van der Waals surface area contributed by atoms with Crippen molar-refractivity contribution >= 4 is 64.1 Å². The predicted octanol–water partition coefficient (Wildman–Crippen LogP) is 11.6. The fraction of sp³-hybridized carbons (Fsp3) is 0.170. The second-order valence-corrected chi connectivity index (χ2v) is 14.6. The molecule has 292 valence electrons. The summed E-state index contributed by atoms with van der Waals surface area (Å²) in [5.41, 5.74) is 12.1. The van der Waals surface area contributed by atoms with Crippen LogP contribution in [0.5, 0.6) is 0 Å². The minimum Gasteiger partial charge on any atom is -0.465 e. The normalized spacial score (nSPS) is 11.9. The highest BCUT2D eigenvalue weighted by Crippen LogP contribution is 2.35. The van der Waals surface area contributed by atoms with Crippen molar-refractivity contribution in [2.75, 3.05) is 13.2 Å². The second kappa shape index (κ2) is 21.5. The Morgan fingerprint density at radius 2 is 0.860 bits per heavy atom. The first kappa shape index (κ1) is 43.2. The number of hydrogen-bond donors (Lipinski definition) is 1. The molecule has 0 spiro atoms. The first-order valence-corrected chi connectivity index (χ1v) is 19.9. The molecule has 0 saturated carbocycles. The number of carbonyl (C=O) groups is 2. The molecular formula is C47H42Cl4N2O4. The van der Waals surface area contributed by atoms with Crippen LogP contribution in [-0.2, 0) is 19.1 Å². The Kier molecular flexibility index (Phi) is 16.3. The number of hydrogen-bond acceptors (Lipinski definition) is 6. The molecule has 2 N–H and O–H groups in total. The lowest BCUT2D eigenvalue weighted by molar-refractivity contribution is -0.145. The van der Waals surface area contributed by atoms with E-state index in [4.69, 9.17) is 66.6 Å². The van der Waals surface area contributed by atoms with Crippen LogP contribution in [0.25, 0.3) is 0 Å². The third-order valence-corrected chi connectivity index (χ3v) is 9.90. The van der Waals surface area contributed by atoms with E-state index in [0.717, 1.165) is 33.4 Å². The molecule has 0 aromatic heterocycles. The molecule has 6 aromatic carbocycles. The summed E-state index contributed by atoms with van der Waals surface area (Å²) in [4.78, 5) is 30.7. The number of carbonyl (C=O) groups excluding carboxylic acids is 2. The van der Waals surface area contributed by atoms with Crippen molar-refractivity contribution in [1.29, 1.82) is 0 Å². The van der Waals surface area contributed by atoms with E-state index in [-0.39, 0.29) is 19.1 Å². The van der Waals surface area contributed by atoms with Crippen molar-refractivity contribution in [3.05, 3.63) is 211 Å². The maximum Gasteiger partial charge on any atom is 0.331 e. The molecule has 0 fully saturated rings. The molecule has 2 unspecified atom stereocenters. The molecule has 0 saturated heterocycles. The van der Waals surface area contributed by atoms with Crippen LogP contribution in [0.4, 0.5) is 0 Å². The molecule has 0 aliphatic rings. The smallest absolute Gasteiger partial charge is 0.331 e. The largest absolute Gasteiger partial charge is 0.465 e. The van der Waals surface area contributed by atoms with Crippen molar-refractivity contribution in [1.82, 2.24) is 0 Å². The second-order valence-electron chi connectivity index (χ2n) is 12.9. The van der Waals surface area contributed by atoms with Crippen LogP contribution in [0.3, 0.4) is 0 Å². The Bertz CT molecular complexity index is 2140. The zero-order valence-electron chi connectivity index (χ0n) is 31.4. The lowest BCUT2D eigenvalue weighted by atomic mass is 9.84. The number of ether oxygens (including phenoxy) is 2. The Morgan fingerprint density at radius 3 is 1.21 bits per heavy atom. The number of halogens is 4. The molecule has 6 nitrogen and oxygen atoms in total. The first-order valence-electron chi connectivity index (χ1n) is 18.4. The molecular weight excluding hydrogens is 798 g/mol. The molecule has 2 atom stereocenters. The number of rotatable bonds is 13. The van der Waals surface area contributed by atoms with Gasteiger partial charge in [-0.05, 0) is 84.6 Å². The monoisotopic (exact) mass is 838 g/mol. The fourth-order valence-corrected chi connectivity index (χ4v) is 7.27. The van der Waals surface area contributed by atoms with Crippen LogP contribution < -0.4 is 5.73 Å². The van der Waals surface area contributed by atoms with Gasteiger partial charge in [0, 0.05) is 43.1 Å². The summed E-state index contributed by atoms with van der Waals surface area (Å²) < 4.78 is 10.6. The highest BCUT2D eigenvalue weighted by molar-refractivity contribution is 6.31. The maximum atomic E-state index is 13.5. The van der Waals surface area contributed by atoms with Gasteiger partial charge in [0.25, 0.3) is 0 Å². The molecule has 6 rings (SSSR count). The molecule has 0 amide bonds. The molecule has 57 heavy (non-hydrogen) atoms. The van der Waals surface area contributed by atoms with Crippen LogP contribution >= 0.6 is 46.4 Å². The van der Waals surface area contributed by atoms with Crippen LogP contribution in [-0.4, -0.2) is 42.9 Å². The van der Waals surface area contributed by atoms with Crippen LogP contribution in [0.15, 0.2) is 163 Å². The Labute approximate surface area is 354 Å². The minimum absolute atomic E-state index is 0.245. The van der Waals surface area contributed by atoms with E-state index in [1.54, 1.807) is 38.1 Å². The number of benzene rings is 6. The SMILES string of the molecule is CCOC(=O)C(N)C(c1cccc(Cl)c1)c1cccc(Cl)c1.CCOC(=O)C(N=C(c1ccccc1)c1ccccc1)C(c1cccc(Cl)c1)c1cccc(Cl)c1. The van der Waals surface area contributed by atoms with E-state index in [1.807, 2.05) is 133 Å². The molecule has 0 bridgehead atoms. The third-order valence-electron chi connectivity index (χ3n) is 8.96. The molecule has 10 heteroatoms. The lowest BCUT2D eigenvalue weighted by Gasteiger charge is -2.25. The summed E-state index contributed by atoms with van der Waals surface area (Å²) >= 11 is 24.9. The molecule has 0 aliphatic carbocycles. The van der Waals surface area contributed by atoms with Gasteiger partial charge in [0.05, 0.1) is 18.9 Å². The number of esters is 2. The van der Waals surface area contributed by atoms with Crippen LogP contribution in [0, 0.1) is 0 Å². The van der Waals surface area contributed by atoms with Gasteiger partial charge >= 0.3 is 11.9 Å². The Hall–Kier alpha value is -4.95. The summed E-state index contributed by atoms with van der Waals surface area (Å²) in [6.07, 6.45) is 0. The number of nitrogens with zero attached hydrogens (tertiary/aromatic N) is 1. The van der Waals surface area contributed by atoms with Gasteiger partial charge in [-0.3, -0.25) is 9.79 Å². The van der Waals surface area contributed by atoms with E-state index < -0.39 is 29.9 Å². The topological polar surface area (TPSA) is 91.0 Å². The van der Waals surface area contributed by atoms with Gasteiger partial charge in [0.1, 0.15) is 6.04 Å². The average molecular weight is 841 g/mol. The predicted molar refractivity (Wildman–Crippen MR) is 233 cm³/mol. The van der Waals surface area contributed by atoms with Crippen molar-refractivity contribution in [3.8, 4) is 0 Å². The van der Waals surface area contributed by atoms with E-state index in [2.05, 4.69) is 0 Å². The molecule has 6 aromatic rings. The van der Waals surface area contributed by atoms with Crippen molar-refractivity contribution < 1.29 is 19.1 Å². The standard InChI is InChI=1S/C30H25Cl2NO2.C17H17Cl2NO2/c1-2-35-30(34)29(33-28(21-11-5-3-6-12-21)22-13-7-4-8-14-22)27(23-15-9-17-25(31)19-23)24-16-10-18-26(32)20-24;1-2-22-17(21)16(20)15(11-5-3-7-13(18)9-11)12-6-4-8-14(19)10-12/h3-20,27,29H,2H2,1H3;3-10,15-16H,2,20H2,1H3. The number of aliphatic imine (C=N–C) groups is 1. The average Bonchev–Trinajstić information content (AvgIpc) is 3.20. The number of nitrogens with two attached hydrogens (primary N) is 1. The highest BCUT2D eigenvalue weighted by Gasteiger charge is 2.33. The van der Waals surface area contributed by atoms with Crippen LogP contribution in [0.1, 0.15) is 59.1 Å². The summed E-state index contributed by atoms with van der Waals surface area (Å²) in [6.45, 7) is 4.07. The van der Waals surface area contributed by atoms with Crippen LogP contribution in [0.2, 0.25) is 20.1 Å². The van der Waals surface area contributed by atoms with Gasteiger partial charge in [-0.2, -0.15) is 0 Å². The van der Waals surface area contributed by atoms with Gasteiger partial charge in [-0.25, -0.2) is 4.79 Å². The summed E-state index contributed by atoms with van der Waals surface area (Å²) in [5.74, 6) is -1.71. The van der Waals surface area contributed by atoms with Crippen molar-refractivity contribution in [2.45, 2.75) is 37.8 Å². The Morgan fingerprint density at radius 1 is 0.509 bits per heavy atom.